The van der Waals surface area contributed by atoms with Crippen molar-refractivity contribution in [1.82, 2.24) is 19.9 Å². The van der Waals surface area contributed by atoms with Crippen LogP contribution < -0.4 is 10.2 Å². The average Bonchev–Trinajstić information content (AvgIpc) is 2.82. The van der Waals surface area contributed by atoms with E-state index in [4.69, 9.17) is 5.26 Å². The van der Waals surface area contributed by atoms with E-state index in [9.17, 15) is 0 Å². The fourth-order valence-electron chi connectivity index (χ4n) is 1.53. The average molecular weight is 231 g/mol. The molecule has 2 heterocycles. The lowest BCUT2D eigenvalue weighted by Crippen LogP contribution is -2.20. The molecule has 0 bridgehead atoms. The fraction of sp³-hybridized carbons (Fsp3) is 0.400. The number of imidazole rings is 1. The first-order valence-corrected chi connectivity index (χ1v) is 5.23. The van der Waals surface area contributed by atoms with Crippen LogP contribution in [0.5, 0.6) is 0 Å². The van der Waals surface area contributed by atoms with Crippen molar-refractivity contribution in [2.45, 2.75) is 6.42 Å². The summed E-state index contributed by atoms with van der Waals surface area (Å²) in [6.07, 6.45) is 2.03. The summed E-state index contributed by atoms with van der Waals surface area (Å²) in [6.45, 7) is 0.616. The van der Waals surface area contributed by atoms with Crippen molar-refractivity contribution >= 4 is 22.9 Å². The van der Waals surface area contributed by atoms with Gasteiger partial charge in [-0.3, -0.25) is 0 Å². The molecule has 0 aliphatic rings. The van der Waals surface area contributed by atoms with Crippen LogP contribution in [0.2, 0.25) is 0 Å². The van der Waals surface area contributed by atoms with E-state index in [0.717, 1.165) is 11.3 Å². The molecular weight excluding hydrogens is 218 g/mol. The Morgan fingerprint density at radius 3 is 3.06 bits per heavy atom. The second kappa shape index (κ2) is 4.65. The highest BCUT2D eigenvalue weighted by Gasteiger charge is 2.12. The maximum atomic E-state index is 8.59. The summed E-state index contributed by atoms with van der Waals surface area (Å²) in [5.74, 6) is 1.26. The second-order valence-electron chi connectivity index (χ2n) is 3.55. The maximum Gasteiger partial charge on any atom is 0.226 e. The van der Waals surface area contributed by atoms with Crippen molar-refractivity contribution in [2.24, 2.45) is 0 Å². The number of nitrogens with zero attached hydrogens (tertiary/aromatic N) is 5. The third-order valence-corrected chi connectivity index (χ3v) is 2.41. The molecule has 17 heavy (non-hydrogen) atoms. The van der Waals surface area contributed by atoms with Crippen LogP contribution in [0.25, 0.3) is 11.2 Å². The van der Waals surface area contributed by atoms with E-state index in [0.29, 0.717) is 24.6 Å². The topological polar surface area (TPSA) is 93.5 Å². The highest BCUT2D eigenvalue weighted by Crippen LogP contribution is 2.21. The van der Waals surface area contributed by atoms with E-state index in [2.05, 4.69) is 31.3 Å². The minimum atomic E-state index is 0.449. The molecule has 2 N–H and O–H groups in total. The molecule has 7 nitrogen and oxygen atoms in total. The molecular formula is C10H13N7. The summed E-state index contributed by atoms with van der Waals surface area (Å²) in [7, 11) is 3.65. The number of hydrogen-bond donors (Lipinski definition) is 2. The van der Waals surface area contributed by atoms with Crippen LogP contribution in [0.3, 0.4) is 0 Å². The SMILES string of the molecule is CNc1nc(N(C)CCC#N)c2[nH]cnc2n1. The molecule has 0 aliphatic heterocycles. The number of aromatic nitrogens is 4. The molecule has 2 aromatic rings. The molecule has 0 fully saturated rings. The summed E-state index contributed by atoms with van der Waals surface area (Å²) in [5, 5.41) is 11.5. The van der Waals surface area contributed by atoms with Crippen LogP contribution in [0, 0.1) is 11.3 Å². The van der Waals surface area contributed by atoms with Crippen LogP contribution in [-0.2, 0) is 0 Å². The van der Waals surface area contributed by atoms with Gasteiger partial charge in [0.25, 0.3) is 0 Å². The number of hydrogen-bond acceptors (Lipinski definition) is 6. The second-order valence-corrected chi connectivity index (χ2v) is 3.55. The number of aromatic amines is 1. The molecule has 0 radical (unpaired) electrons. The van der Waals surface area contributed by atoms with Gasteiger partial charge in [0.05, 0.1) is 18.8 Å². The zero-order chi connectivity index (χ0) is 12.3. The van der Waals surface area contributed by atoms with Gasteiger partial charge in [0.2, 0.25) is 5.95 Å². The number of fused-ring (bicyclic) bond motifs is 1. The number of nitriles is 1. The van der Waals surface area contributed by atoms with Crippen molar-refractivity contribution in [3.8, 4) is 6.07 Å². The Morgan fingerprint density at radius 2 is 2.35 bits per heavy atom. The van der Waals surface area contributed by atoms with Crippen molar-refractivity contribution in [3.63, 3.8) is 0 Å². The van der Waals surface area contributed by atoms with Gasteiger partial charge in [0, 0.05) is 20.6 Å². The van der Waals surface area contributed by atoms with Gasteiger partial charge in [-0.05, 0) is 0 Å². The minimum Gasteiger partial charge on any atom is -0.357 e. The Morgan fingerprint density at radius 1 is 1.53 bits per heavy atom. The van der Waals surface area contributed by atoms with Gasteiger partial charge in [-0.2, -0.15) is 15.2 Å². The Kier molecular flexibility index (Phi) is 3.05. The lowest BCUT2D eigenvalue weighted by atomic mass is 10.4. The summed E-state index contributed by atoms with van der Waals surface area (Å²) in [6, 6.07) is 2.11. The van der Waals surface area contributed by atoms with Crippen molar-refractivity contribution in [1.29, 1.82) is 5.26 Å². The lowest BCUT2D eigenvalue weighted by molar-refractivity contribution is 0.886. The monoisotopic (exact) mass is 231 g/mol. The summed E-state index contributed by atoms with van der Waals surface area (Å²) < 4.78 is 0. The third kappa shape index (κ3) is 2.10. The van der Waals surface area contributed by atoms with Crippen LogP contribution in [0.15, 0.2) is 6.33 Å². The predicted molar refractivity (Wildman–Crippen MR) is 64.7 cm³/mol. The number of anilines is 2. The number of nitrogens with one attached hydrogen (secondary N) is 2. The highest BCUT2D eigenvalue weighted by atomic mass is 15.2. The van der Waals surface area contributed by atoms with Gasteiger partial charge in [-0.1, -0.05) is 0 Å². The Bertz CT molecular complexity index is 553. The molecule has 0 saturated heterocycles. The van der Waals surface area contributed by atoms with Crippen molar-refractivity contribution < 1.29 is 0 Å². The van der Waals surface area contributed by atoms with Gasteiger partial charge in [-0.15, -0.1) is 0 Å². The van der Waals surface area contributed by atoms with Crippen LogP contribution in [0.4, 0.5) is 11.8 Å². The van der Waals surface area contributed by atoms with Crippen LogP contribution in [-0.4, -0.2) is 40.6 Å². The van der Waals surface area contributed by atoms with E-state index in [1.54, 1.807) is 13.4 Å². The first-order chi connectivity index (χ1) is 8.26. The normalized spacial score (nSPS) is 10.2. The lowest BCUT2D eigenvalue weighted by Gasteiger charge is -2.17. The first kappa shape index (κ1) is 11.1. The first-order valence-electron chi connectivity index (χ1n) is 5.23. The quantitative estimate of drug-likeness (QED) is 0.806. The van der Waals surface area contributed by atoms with Crippen LogP contribution >= 0.6 is 0 Å². The van der Waals surface area contributed by atoms with Gasteiger partial charge < -0.3 is 15.2 Å². The molecule has 0 saturated carbocycles. The van der Waals surface area contributed by atoms with Crippen molar-refractivity contribution in [3.05, 3.63) is 6.33 Å². The molecule has 2 rings (SSSR count). The molecule has 0 atom stereocenters. The van der Waals surface area contributed by atoms with E-state index < -0.39 is 0 Å². The summed E-state index contributed by atoms with van der Waals surface area (Å²) in [5.41, 5.74) is 1.40. The highest BCUT2D eigenvalue weighted by molar-refractivity contribution is 5.84. The molecule has 0 aliphatic carbocycles. The number of H-pyrrole nitrogens is 1. The smallest absolute Gasteiger partial charge is 0.226 e. The van der Waals surface area contributed by atoms with E-state index in [1.165, 1.54) is 0 Å². The minimum absolute atomic E-state index is 0.449. The largest absolute Gasteiger partial charge is 0.357 e. The molecule has 0 spiro atoms. The number of rotatable bonds is 4. The van der Waals surface area contributed by atoms with Gasteiger partial charge >= 0.3 is 0 Å². The Labute approximate surface area is 98.5 Å². The molecule has 0 aromatic carbocycles. The molecule has 0 amide bonds. The molecule has 2 aromatic heterocycles. The zero-order valence-electron chi connectivity index (χ0n) is 9.73. The molecule has 88 valence electrons. The maximum absolute atomic E-state index is 8.59. The summed E-state index contributed by atoms with van der Waals surface area (Å²) >= 11 is 0. The Hall–Kier alpha value is -2.36. The van der Waals surface area contributed by atoms with E-state index in [-0.39, 0.29) is 0 Å². The van der Waals surface area contributed by atoms with Crippen molar-refractivity contribution in [2.75, 3.05) is 30.9 Å². The van der Waals surface area contributed by atoms with E-state index in [1.807, 2.05) is 11.9 Å². The third-order valence-electron chi connectivity index (χ3n) is 2.41. The van der Waals surface area contributed by atoms with Gasteiger partial charge in [-0.25, -0.2) is 4.98 Å². The summed E-state index contributed by atoms with van der Waals surface area (Å²) in [4.78, 5) is 17.6. The fourth-order valence-corrected chi connectivity index (χ4v) is 1.53. The zero-order valence-corrected chi connectivity index (χ0v) is 9.73. The molecule has 7 heteroatoms. The molecule has 0 unspecified atom stereocenters. The Balaban J connectivity index is 2.43. The van der Waals surface area contributed by atoms with Gasteiger partial charge in [0.15, 0.2) is 11.5 Å². The predicted octanol–water partition coefficient (Wildman–Crippen LogP) is 0.744. The van der Waals surface area contributed by atoms with Gasteiger partial charge in [0.1, 0.15) is 5.52 Å². The standard InChI is InChI=1S/C10H13N7/c1-12-10-15-8-7(13-6-14-8)9(16-10)17(2)5-3-4-11/h6H,3,5H2,1-2H3,(H2,12,13,14,15,16). The van der Waals surface area contributed by atoms with E-state index >= 15 is 0 Å². The van der Waals surface area contributed by atoms with Crippen LogP contribution in [0.1, 0.15) is 6.42 Å².